The van der Waals surface area contributed by atoms with Gasteiger partial charge in [-0.2, -0.15) is 18.3 Å². The number of nitrogens with zero attached hydrogens (tertiary/aromatic N) is 2. The topological polar surface area (TPSA) is 101 Å². The summed E-state index contributed by atoms with van der Waals surface area (Å²) in [5, 5.41) is 14.9. The highest BCUT2D eigenvalue weighted by Crippen LogP contribution is 2.36. The van der Waals surface area contributed by atoms with E-state index in [0.29, 0.717) is 0 Å². The molecule has 28 heavy (non-hydrogen) atoms. The van der Waals surface area contributed by atoms with E-state index in [2.05, 4.69) is 10.4 Å². The van der Waals surface area contributed by atoms with Gasteiger partial charge < -0.3 is 10.4 Å². The van der Waals surface area contributed by atoms with Crippen molar-refractivity contribution in [3.05, 3.63) is 34.6 Å². The van der Waals surface area contributed by atoms with E-state index in [0.717, 1.165) is 16.8 Å². The van der Waals surface area contributed by atoms with Crippen molar-refractivity contribution in [3.63, 3.8) is 0 Å². The van der Waals surface area contributed by atoms with E-state index >= 15 is 0 Å². The van der Waals surface area contributed by atoms with Crippen molar-refractivity contribution in [3.8, 4) is 5.75 Å². The number of aromatic nitrogens is 2. The van der Waals surface area contributed by atoms with Gasteiger partial charge in [-0.05, 0) is 32.0 Å². The molecule has 2 N–H and O–H groups in total. The Labute approximate surface area is 164 Å². The molecule has 0 aliphatic heterocycles. The maximum absolute atomic E-state index is 12.9. The van der Waals surface area contributed by atoms with Crippen molar-refractivity contribution in [1.29, 1.82) is 0 Å². The van der Waals surface area contributed by atoms with Gasteiger partial charge in [0.15, 0.2) is 15.5 Å². The van der Waals surface area contributed by atoms with Gasteiger partial charge in [-0.15, -0.1) is 0 Å². The van der Waals surface area contributed by atoms with Gasteiger partial charge in [0.05, 0.1) is 27.1 Å². The number of alkyl halides is 3. The molecule has 1 amide bonds. The Kier molecular flexibility index (Phi) is 6.00. The average Bonchev–Trinajstić information content (AvgIpc) is 2.91. The number of hydrogen-bond acceptors (Lipinski definition) is 5. The largest absolute Gasteiger partial charge is 0.506 e. The van der Waals surface area contributed by atoms with Gasteiger partial charge in [0.1, 0.15) is 11.8 Å². The van der Waals surface area contributed by atoms with E-state index in [9.17, 15) is 31.5 Å². The van der Waals surface area contributed by atoms with Crippen LogP contribution in [-0.4, -0.2) is 35.0 Å². The van der Waals surface area contributed by atoms with Crippen molar-refractivity contribution >= 4 is 33.0 Å². The molecule has 0 bridgehead atoms. The lowest BCUT2D eigenvalue weighted by Gasteiger charge is -2.16. The van der Waals surface area contributed by atoms with Crippen molar-refractivity contribution in [2.75, 3.05) is 11.1 Å². The molecule has 0 fully saturated rings. The van der Waals surface area contributed by atoms with E-state index in [-0.39, 0.29) is 22.0 Å². The predicted octanol–water partition coefficient (Wildman–Crippen LogP) is 3.56. The van der Waals surface area contributed by atoms with Crippen LogP contribution in [0, 0.1) is 6.92 Å². The summed E-state index contributed by atoms with van der Waals surface area (Å²) in [5.74, 6) is -1.41. The van der Waals surface area contributed by atoms with E-state index in [1.54, 1.807) is 0 Å². The number of phenolic OH excluding ortho intramolecular Hbond substituents is 1. The zero-order chi connectivity index (χ0) is 21.4. The molecule has 1 aromatic carbocycles. The second-order valence-corrected chi connectivity index (χ2v) is 8.59. The number of nitrogens with one attached hydrogen (secondary N) is 1. The van der Waals surface area contributed by atoms with E-state index in [1.807, 2.05) is 0 Å². The molecule has 1 heterocycles. The Bertz CT molecular complexity index is 1020. The van der Waals surface area contributed by atoms with Gasteiger partial charge in [0.2, 0.25) is 5.91 Å². The summed E-state index contributed by atoms with van der Waals surface area (Å²) in [7, 11) is -3.59. The Morgan fingerprint density at radius 2 is 2.00 bits per heavy atom. The first-order valence-corrected chi connectivity index (χ1v) is 10.0. The molecule has 0 spiro atoms. The van der Waals surface area contributed by atoms with Crippen LogP contribution in [0.3, 0.4) is 0 Å². The molecule has 7 nitrogen and oxygen atoms in total. The predicted molar refractivity (Wildman–Crippen MR) is 96.2 cm³/mol. The summed E-state index contributed by atoms with van der Waals surface area (Å²) in [6.07, 6.45) is -4.79. The highest BCUT2D eigenvalue weighted by atomic mass is 35.5. The van der Waals surface area contributed by atoms with Gasteiger partial charge in [0, 0.05) is 0 Å². The molecular weight excluding hydrogens is 423 g/mol. The minimum atomic E-state index is -4.79. The minimum absolute atomic E-state index is 0.0665. The molecule has 2 rings (SSSR count). The summed E-state index contributed by atoms with van der Waals surface area (Å²) < 4.78 is 63.6. The maximum Gasteiger partial charge on any atom is 0.436 e. The van der Waals surface area contributed by atoms with Crippen LogP contribution in [0.5, 0.6) is 5.75 Å². The minimum Gasteiger partial charge on any atom is -0.506 e. The van der Waals surface area contributed by atoms with Gasteiger partial charge in [-0.3, -0.25) is 9.48 Å². The van der Waals surface area contributed by atoms with Crippen LogP contribution in [-0.2, 0) is 20.8 Å². The number of aromatic hydroxyl groups is 1. The van der Waals surface area contributed by atoms with Crippen molar-refractivity contribution in [2.24, 2.45) is 0 Å². The van der Waals surface area contributed by atoms with Gasteiger partial charge in [0.25, 0.3) is 0 Å². The molecule has 0 saturated heterocycles. The molecule has 0 radical (unpaired) electrons. The normalized spacial score (nSPS) is 13.4. The average molecular weight is 440 g/mol. The van der Waals surface area contributed by atoms with Crippen LogP contribution in [0.15, 0.2) is 23.1 Å². The van der Waals surface area contributed by atoms with Gasteiger partial charge >= 0.3 is 6.18 Å². The van der Waals surface area contributed by atoms with Gasteiger partial charge in [-0.25, -0.2) is 8.42 Å². The number of carbonyl (C=O) groups is 1. The van der Waals surface area contributed by atoms with Crippen LogP contribution in [0.1, 0.15) is 31.3 Å². The third-order valence-corrected chi connectivity index (χ3v) is 6.24. The number of rotatable bonds is 5. The van der Waals surface area contributed by atoms with E-state index in [1.165, 1.54) is 26.8 Å². The third-order valence-electron chi connectivity index (χ3n) is 4.06. The standard InChI is InChI=1S/C16H17ClF3N3O4S/c1-4-28(26,27)10-5-6-12(24)11(7-10)21-15(25)9(3)23-8(2)13(17)14(22-23)16(18,19)20/h5-7,9,24H,4H2,1-3H3,(H,21,25). The van der Waals surface area contributed by atoms with Gasteiger partial charge in [-0.1, -0.05) is 18.5 Å². The fourth-order valence-electron chi connectivity index (χ4n) is 2.38. The molecule has 154 valence electrons. The first kappa shape index (κ1) is 22.0. The summed E-state index contributed by atoms with van der Waals surface area (Å²) in [5.41, 5.74) is -1.58. The first-order chi connectivity index (χ1) is 12.8. The van der Waals surface area contributed by atoms with E-state index < -0.39 is 44.4 Å². The summed E-state index contributed by atoms with van der Waals surface area (Å²) in [6, 6.07) is 2.13. The second-order valence-electron chi connectivity index (χ2n) is 5.94. The zero-order valence-electron chi connectivity index (χ0n) is 15.0. The number of halogens is 4. The highest BCUT2D eigenvalue weighted by Gasteiger charge is 2.39. The molecule has 0 aliphatic carbocycles. The molecule has 2 aromatic rings. The fraction of sp³-hybridized carbons (Fsp3) is 0.375. The molecule has 1 aromatic heterocycles. The quantitative estimate of drug-likeness (QED) is 0.693. The molecule has 0 aliphatic rings. The van der Waals surface area contributed by atoms with Crippen LogP contribution >= 0.6 is 11.6 Å². The molecule has 12 heteroatoms. The SMILES string of the molecule is CCS(=O)(=O)c1ccc(O)c(NC(=O)C(C)n2nc(C(F)(F)F)c(Cl)c2C)c1. The molecule has 1 atom stereocenters. The zero-order valence-corrected chi connectivity index (χ0v) is 16.6. The smallest absolute Gasteiger partial charge is 0.436 e. The number of sulfone groups is 1. The lowest BCUT2D eigenvalue weighted by Crippen LogP contribution is -2.25. The lowest BCUT2D eigenvalue weighted by molar-refractivity contribution is -0.141. The Morgan fingerprint density at radius 1 is 1.39 bits per heavy atom. The van der Waals surface area contributed by atoms with Crippen molar-refractivity contribution in [2.45, 2.75) is 37.9 Å². The monoisotopic (exact) mass is 439 g/mol. The van der Waals surface area contributed by atoms with Crippen molar-refractivity contribution < 1.29 is 31.5 Å². The Balaban J connectivity index is 2.35. The molecule has 0 saturated carbocycles. The number of hydrogen-bond donors (Lipinski definition) is 2. The third kappa shape index (κ3) is 4.25. The number of benzene rings is 1. The Hall–Kier alpha value is -2.27. The number of phenols is 1. The summed E-state index contributed by atoms with van der Waals surface area (Å²) in [6.45, 7) is 4.00. The van der Waals surface area contributed by atoms with Crippen LogP contribution in [0.25, 0.3) is 0 Å². The van der Waals surface area contributed by atoms with E-state index in [4.69, 9.17) is 11.6 Å². The molecule has 1 unspecified atom stereocenters. The summed E-state index contributed by atoms with van der Waals surface area (Å²) >= 11 is 5.68. The lowest BCUT2D eigenvalue weighted by atomic mass is 10.2. The molecular formula is C16H17ClF3N3O4S. The van der Waals surface area contributed by atoms with Crippen molar-refractivity contribution in [1.82, 2.24) is 9.78 Å². The number of amides is 1. The van der Waals surface area contributed by atoms with Crippen LogP contribution < -0.4 is 5.32 Å². The second kappa shape index (κ2) is 7.63. The Morgan fingerprint density at radius 3 is 2.50 bits per heavy atom. The van der Waals surface area contributed by atoms with Crippen LogP contribution in [0.2, 0.25) is 5.02 Å². The fourth-order valence-corrected chi connectivity index (χ4v) is 3.52. The first-order valence-electron chi connectivity index (χ1n) is 7.98. The number of anilines is 1. The highest BCUT2D eigenvalue weighted by molar-refractivity contribution is 7.91. The number of carbonyl (C=O) groups excluding carboxylic acids is 1. The summed E-state index contributed by atoms with van der Waals surface area (Å²) in [4.78, 5) is 12.3. The maximum atomic E-state index is 12.9. The van der Waals surface area contributed by atoms with Crippen LogP contribution in [0.4, 0.5) is 18.9 Å².